The molecular formula is C12H20N2O3. The number of hydrogen-bond donors (Lipinski definition) is 0. The minimum absolute atomic E-state index is 0.0260. The van der Waals surface area contributed by atoms with Gasteiger partial charge in [0.05, 0.1) is 12.6 Å². The summed E-state index contributed by atoms with van der Waals surface area (Å²) < 4.78 is 5.15. The molecule has 2 aliphatic heterocycles. The Morgan fingerprint density at radius 3 is 2.88 bits per heavy atom. The maximum atomic E-state index is 12.2. The van der Waals surface area contributed by atoms with Gasteiger partial charge in [-0.2, -0.15) is 0 Å². The molecule has 17 heavy (non-hydrogen) atoms. The largest absolute Gasteiger partial charge is 0.380 e. The van der Waals surface area contributed by atoms with Gasteiger partial charge in [0.25, 0.3) is 0 Å². The number of methoxy groups -OCH3 is 1. The van der Waals surface area contributed by atoms with Gasteiger partial charge < -0.3 is 14.5 Å². The van der Waals surface area contributed by atoms with Crippen LogP contribution in [-0.4, -0.2) is 60.5 Å². The summed E-state index contributed by atoms with van der Waals surface area (Å²) in [5, 5.41) is 0. The fraction of sp³-hybridized carbons (Fsp3) is 0.833. The third kappa shape index (κ3) is 2.44. The van der Waals surface area contributed by atoms with Crippen molar-refractivity contribution in [1.29, 1.82) is 0 Å². The van der Waals surface area contributed by atoms with E-state index in [1.165, 1.54) is 0 Å². The second-order valence-corrected chi connectivity index (χ2v) is 4.86. The van der Waals surface area contributed by atoms with Crippen molar-refractivity contribution in [2.45, 2.75) is 38.3 Å². The Morgan fingerprint density at radius 2 is 2.18 bits per heavy atom. The highest BCUT2D eigenvalue weighted by molar-refractivity contribution is 5.95. The van der Waals surface area contributed by atoms with Crippen molar-refractivity contribution >= 4 is 11.8 Å². The second kappa shape index (κ2) is 5.04. The van der Waals surface area contributed by atoms with E-state index in [9.17, 15) is 9.59 Å². The maximum absolute atomic E-state index is 12.2. The van der Waals surface area contributed by atoms with Crippen molar-refractivity contribution in [3.05, 3.63) is 0 Å². The Balaban J connectivity index is 2.06. The zero-order chi connectivity index (χ0) is 12.4. The van der Waals surface area contributed by atoms with Gasteiger partial charge in [0.15, 0.2) is 0 Å². The van der Waals surface area contributed by atoms with Crippen molar-refractivity contribution in [1.82, 2.24) is 9.80 Å². The molecule has 0 aromatic carbocycles. The van der Waals surface area contributed by atoms with Crippen LogP contribution >= 0.6 is 0 Å². The molecule has 0 bridgehead atoms. The first-order valence-corrected chi connectivity index (χ1v) is 6.24. The molecule has 0 aromatic heterocycles. The maximum Gasteiger partial charge on any atom is 0.245 e. The molecule has 2 aliphatic rings. The first-order chi connectivity index (χ1) is 8.13. The first-order valence-electron chi connectivity index (χ1n) is 6.24. The van der Waals surface area contributed by atoms with Crippen molar-refractivity contribution in [3.63, 3.8) is 0 Å². The fourth-order valence-corrected chi connectivity index (χ4v) is 2.57. The number of rotatable bonds is 3. The smallest absolute Gasteiger partial charge is 0.245 e. The first kappa shape index (κ1) is 12.4. The van der Waals surface area contributed by atoms with Gasteiger partial charge in [0.1, 0.15) is 6.04 Å². The molecule has 0 aromatic rings. The number of piperazine rings is 1. The summed E-state index contributed by atoms with van der Waals surface area (Å²) in [7, 11) is 1.62. The predicted octanol–water partition coefficient (Wildman–Crippen LogP) is 0.245. The molecule has 96 valence electrons. The van der Waals surface area contributed by atoms with Gasteiger partial charge in [-0.25, -0.2) is 0 Å². The topological polar surface area (TPSA) is 49.9 Å². The zero-order valence-electron chi connectivity index (χ0n) is 10.5. The lowest BCUT2D eigenvalue weighted by atomic mass is 9.98. The number of ether oxygens (including phenoxy) is 1. The summed E-state index contributed by atoms with van der Waals surface area (Å²) >= 11 is 0. The van der Waals surface area contributed by atoms with E-state index in [2.05, 4.69) is 0 Å². The van der Waals surface area contributed by atoms with E-state index < -0.39 is 0 Å². The van der Waals surface area contributed by atoms with Gasteiger partial charge in [-0.1, -0.05) is 0 Å². The van der Waals surface area contributed by atoms with E-state index in [1.54, 1.807) is 16.9 Å². The molecule has 0 saturated carbocycles. The number of piperidine rings is 1. The lowest BCUT2D eigenvalue weighted by molar-refractivity contribution is -0.159. The highest BCUT2D eigenvalue weighted by atomic mass is 16.5. The van der Waals surface area contributed by atoms with Gasteiger partial charge in [-0.05, 0) is 26.2 Å². The van der Waals surface area contributed by atoms with E-state index in [1.807, 2.05) is 6.92 Å². The highest BCUT2D eigenvalue weighted by Crippen LogP contribution is 2.23. The normalized spacial score (nSPS) is 27.1. The summed E-state index contributed by atoms with van der Waals surface area (Å²) in [6.45, 7) is 3.36. The van der Waals surface area contributed by atoms with Gasteiger partial charge in [-0.3, -0.25) is 9.59 Å². The van der Waals surface area contributed by atoms with Crippen LogP contribution in [0.25, 0.3) is 0 Å². The minimum atomic E-state index is -0.214. The molecule has 0 spiro atoms. The van der Waals surface area contributed by atoms with E-state index in [4.69, 9.17) is 4.74 Å². The van der Waals surface area contributed by atoms with Crippen LogP contribution in [0, 0.1) is 0 Å². The molecule has 2 fully saturated rings. The molecule has 0 N–H and O–H groups in total. The SMILES string of the molecule is COC(C)CN1CC(=O)N2CCCCC2C1=O. The zero-order valence-corrected chi connectivity index (χ0v) is 10.5. The van der Waals surface area contributed by atoms with Gasteiger partial charge in [-0.15, -0.1) is 0 Å². The summed E-state index contributed by atoms with van der Waals surface area (Å²) in [5.74, 6) is 0.172. The Kier molecular flexibility index (Phi) is 3.66. The van der Waals surface area contributed by atoms with Crippen molar-refractivity contribution in [2.24, 2.45) is 0 Å². The Hall–Kier alpha value is -1.10. The van der Waals surface area contributed by atoms with Crippen LogP contribution in [0.3, 0.4) is 0 Å². The predicted molar refractivity (Wildman–Crippen MR) is 62.4 cm³/mol. The molecule has 2 unspecified atom stereocenters. The molecule has 2 rings (SSSR count). The number of hydrogen-bond acceptors (Lipinski definition) is 3. The van der Waals surface area contributed by atoms with E-state index >= 15 is 0 Å². The summed E-state index contributed by atoms with van der Waals surface area (Å²) in [4.78, 5) is 27.6. The van der Waals surface area contributed by atoms with Crippen molar-refractivity contribution < 1.29 is 14.3 Å². The van der Waals surface area contributed by atoms with E-state index in [-0.39, 0.29) is 30.5 Å². The van der Waals surface area contributed by atoms with Crippen molar-refractivity contribution in [3.8, 4) is 0 Å². The lowest BCUT2D eigenvalue weighted by Gasteiger charge is -2.43. The number of amides is 2. The molecule has 5 nitrogen and oxygen atoms in total. The number of fused-ring (bicyclic) bond motifs is 1. The average molecular weight is 240 g/mol. The van der Waals surface area contributed by atoms with Crippen LogP contribution in [-0.2, 0) is 14.3 Å². The lowest BCUT2D eigenvalue weighted by Crippen LogP contribution is -2.62. The molecule has 2 heterocycles. The van der Waals surface area contributed by atoms with Crippen LogP contribution in [0.2, 0.25) is 0 Å². The molecule has 0 radical (unpaired) electrons. The van der Waals surface area contributed by atoms with Crippen LogP contribution in [0.4, 0.5) is 0 Å². The molecule has 2 amide bonds. The van der Waals surface area contributed by atoms with E-state index in [0.29, 0.717) is 6.54 Å². The van der Waals surface area contributed by atoms with Crippen LogP contribution in [0.1, 0.15) is 26.2 Å². The summed E-state index contributed by atoms with van der Waals surface area (Å²) in [6.07, 6.45) is 2.84. The van der Waals surface area contributed by atoms with Gasteiger partial charge in [0.2, 0.25) is 11.8 Å². The second-order valence-electron chi connectivity index (χ2n) is 4.86. The molecule has 5 heteroatoms. The third-order valence-corrected chi connectivity index (χ3v) is 3.63. The monoisotopic (exact) mass is 240 g/mol. The fourth-order valence-electron chi connectivity index (χ4n) is 2.57. The molecule has 0 aliphatic carbocycles. The van der Waals surface area contributed by atoms with Crippen molar-refractivity contribution in [2.75, 3.05) is 26.7 Å². The molecular weight excluding hydrogens is 220 g/mol. The van der Waals surface area contributed by atoms with Gasteiger partial charge in [0, 0.05) is 20.2 Å². The van der Waals surface area contributed by atoms with E-state index in [0.717, 1.165) is 25.8 Å². The van der Waals surface area contributed by atoms with Crippen LogP contribution in [0.5, 0.6) is 0 Å². The van der Waals surface area contributed by atoms with Crippen LogP contribution in [0.15, 0.2) is 0 Å². The number of nitrogens with zero attached hydrogens (tertiary/aromatic N) is 2. The van der Waals surface area contributed by atoms with Crippen LogP contribution < -0.4 is 0 Å². The number of carbonyl (C=O) groups is 2. The third-order valence-electron chi connectivity index (χ3n) is 3.63. The Labute approximate surface area is 102 Å². The summed E-state index contributed by atoms with van der Waals surface area (Å²) in [5.41, 5.74) is 0. The quantitative estimate of drug-likeness (QED) is 0.710. The standard InChI is InChI=1S/C12H20N2O3/c1-9(17-2)7-13-8-11(15)14-6-4-3-5-10(14)12(13)16/h9-10H,3-8H2,1-2H3. The molecule has 2 atom stereocenters. The van der Waals surface area contributed by atoms with Gasteiger partial charge >= 0.3 is 0 Å². The molecule has 2 saturated heterocycles. The Bertz CT molecular complexity index is 319. The average Bonchev–Trinajstić information content (AvgIpc) is 2.35. The Morgan fingerprint density at radius 1 is 1.41 bits per heavy atom. The number of carbonyl (C=O) groups excluding carboxylic acids is 2. The minimum Gasteiger partial charge on any atom is -0.380 e. The summed E-state index contributed by atoms with van der Waals surface area (Å²) in [6, 6.07) is -0.214. The highest BCUT2D eigenvalue weighted by Gasteiger charge is 2.40.